The van der Waals surface area contributed by atoms with E-state index in [0.717, 1.165) is 6.42 Å². The number of benzene rings is 4. The molecule has 4 aromatic rings. The van der Waals surface area contributed by atoms with Crippen LogP contribution in [-0.4, -0.2) is 0 Å². The first-order valence-electron chi connectivity index (χ1n) is 13.0. The molecule has 0 amide bonds. The van der Waals surface area contributed by atoms with E-state index in [1.165, 1.54) is 66.8 Å². The predicted octanol–water partition coefficient (Wildman–Crippen LogP) is 9.29. The van der Waals surface area contributed by atoms with Crippen molar-refractivity contribution in [1.29, 1.82) is 0 Å². The first kappa shape index (κ1) is 24.1. The van der Waals surface area contributed by atoms with Crippen molar-refractivity contribution in [2.45, 2.75) is 53.4 Å². The SMILES string of the molecule is Cc1cc(C)cc(C(C2=C(c3ccccc3)C=CC2)(c2cc(C)cc(C)c2)c2cc(C)cc(C)c2)c1. The summed E-state index contributed by atoms with van der Waals surface area (Å²) in [5.41, 5.74) is 15.5. The first-order valence-corrected chi connectivity index (χ1v) is 13.0. The average molecular weight is 469 g/mol. The van der Waals surface area contributed by atoms with Crippen LogP contribution in [0.2, 0.25) is 0 Å². The lowest BCUT2D eigenvalue weighted by atomic mass is 9.62. The zero-order chi connectivity index (χ0) is 25.4. The third-order valence-corrected chi connectivity index (χ3v) is 7.43. The smallest absolute Gasteiger partial charge is 0.0674 e. The van der Waals surface area contributed by atoms with Crippen molar-refractivity contribution in [1.82, 2.24) is 0 Å². The van der Waals surface area contributed by atoms with Gasteiger partial charge in [-0.15, -0.1) is 0 Å². The monoisotopic (exact) mass is 468 g/mol. The van der Waals surface area contributed by atoms with Crippen LogP contribution in [0.4, 0.5) is 0 Å². The van der Waals surface area contributed by atoms with Gasteiger partial charge in [0, 0.05) is 0 Å². The van der Waals surface area contributed by atoms with E-state index in [0.29, 0.717) is 0 Å². The summed E-state index contributed by atoms with van der Waals surface area (Å²) >= 11 is 0. The minimum atomic E-state index is -0.404. The predicted molar refractivity (Wildman–Crippen MR) is 155 cm³/mol. The Balaban J connectivity index is 2.00. The molecule has 0 atom stereocenters. The average Bonchev–Trinajstić information content (AvgIpc) is 3.28. The molecular weight excluding hydrogens is 432 g/mol. The third-order valence-electron chi connectivity index (χ3n) is 7.43. The molecule has 0 radical (unpaired) electrons. The van der Waals surface area contributed by atoms with Crippen LogP contribution in [0.25, 0.3) is 5.57 Å². The summed E-state index contributed by atoms with van der Waals surface area (Å²) in [5, 5.41) is 0. The number of allylic oxidation sites excluding steroid dienone is 4. The molecule has 0 nitrogen and oxygen atoms in total. The van der Waals surface area contributed by atoms with E-state index >= 15 is 0 Å². The number of hydrogen-bond donors (Lipinski definition) is 0. The summed E-state index contributed by atoms with van der Waals surface area (Å²) in [5.74, 6) is 0. The lowest BCUT2D eigenvalue weighted by Gasteiger charge is -2.40. The molecule has 0 heterocycles. The van der Waals surface area contributed by atoms with Gasteiger partial charge < -0.3 is 0 Å². The third kappa shape index (κ3) is 4.26. The standard InChI is InChI=1S/C36H36/c1-24-15-25(2)19-31(18-24)36(32-20-26(3)16-27(4)21-32,33-22-28(5)17-29(6)23-33)35-14-10-13-34(35)30-11-8-7-9-12-30/h7-13,15-23H,14H2,1-6H3. The van der Waals surface area contributed by atoms with Crippen LogP contribution in [0.1, 0.15) is 62.1 Å². The molecule has 180 valence electrons. The maximum absolute atomic E-state index is 2.41. The normalized spacial score (nSPS) is 13.5. The maximum Gasteiger partial charge on any atom is 0.0674 e. The Bertz CT molecular complexity index is 1310. The lowest BCUT2D eigenvalue weighted by molar-refractivity contribution is 0.708. The van der Waals surface area contributed by atoms with E-state index < -0.39 is 5.41 Å². The highest BCUT2D eigenvalue weighted by Crippen LogP contribution is 2.52. The van der Waals surface area contributed by atoms with Crippen molar-refractivity contribution in [3.63, 3.8) is 0 Å². The van der Waals surface area contributed by atoms with Crippen molar-refractivity contribution >= 4 is 5.57 Å². The molecule has 0 fully saturated rings. The van der Waals surface area contributed by atoms with Gasteiger partial charge in [0.2, 0.25) is 0 Å². The largest absolute Gasteiger partial charge is 0.0798 e. The fraction of sp³-hybridized carbons (Fsp3) is 0.222. The summed E-state index contributed by atoms with van der Waals surface area (Å²) in [7, 11) is 0. The van der Waals surface area contributed by atoms with Crippen LogP contribution in [-0.2, 0) is 5.41 Å². The molecule has 1 aliphatic rings. The van der Waals surface area contributed by atoms with E-state index in [1.54, 1.807) is 0 Å². The van der Waals surface area contributed by atoms with Crippen LogP contribution in [0.15, 0.2) is 103 Å². The second kappa shape index (κ2) is 9.43. The van der Waals surface area contributed by atoms with Crippen LogP contribution in [0.3, 0.4) is 0 Å². The zero-order valence-electron chi connectivity index (χ0n) is 22.4. The Labute approximate surface area is 217 Å². The number of hydrogen-bond acceptors (Lipinski definition) is 0. The van der Waals surface area contributed by atoms with Gasteiger partial charge in [-0.3, -0.25) is 0 Å². The second-order valence-corrected chi connectivity index (χ2v) is 10.7. The zero-order valence-corrected chi connectivity index (χ0v) is 22.4. The molecule has 0 bridgehead atoms. The van der Waals surface area contributed by atoms with Gasteiger partial charge in [-0.2, -0.15) is 0 Å². The summed E-state index contributed by atoms with van der Waals surface area (Å²) < 4.78 is 0. The van der Waals surface area contributed by atoms with Crippen molar-refractivity contribution in [3.8, 4) is 0 Å². The van der Waals surface area contributed by atoms with Gasteiger partial charge in [0.1, 0.15) is 0 Å². The van der Waals surface area contributed by atoms with Gasteiger partial charge >= 0.3 is 0 Å². The summed E-state index contributed by atoms with van der Waals surface area (Å²) in [6.45, 7) is 13.4. The molecular formula is C36H36. The van der Waals surface area contributed by atoms with Crippen LogP contribution >= 0.6 is 0 Å². The lowest BCUT2D eigenvalue weighted by Crippen LogP contribution is -2.33. The van der Waals surface area contributed by atoms with E-state index in [4.69, 9.17) is 0 Å². The summed E-state index contributed by atoms with van der Waals surface area (Å²) in [6, 6.07) is 32.2. The second-order valence-electron chi connectivity index (χ2n) is 10.7. The molecule has 4 aromatic carbocycles. The van der Waals surface area contributed by atoms with Crippen molar-refractivity contribution in [2.75, 3.05) is 0 Å². The van der Waals surface area contributed by atoms with Gasteiger partial charge in [0.05, 0.1) is 5.41 Å². The number of rotatable bonds is 5. The fourth-order valence-corrected chi connectivity index (χ4v) is 6.34. The van der Waals surface area contributed by atoms with Crippen LogP contribution in [0, 0.1) is 41.5 Å². The van der Waals surface area contributed by atoms with Crippen LogP contribution in [0.5, 0.6) is 0 Å². The highest BCUT2D eigenvalue weighted by molar-refractivity contribution is 5.84. The first-order chi connectivity index (χ1) is 17.3. The van der Waals surface area contributed by atoms with Crippen molar-refractivity contribution < 1.29 is 0 Å². The molecule has 0 unspecified atom stereocenters. The quantitative estimate of drug-likeness (QED) is 0.256. The topological polar surface area (TPSA) is 0 Å². The van der Waals surface area contributed by atoms with Gasteiger partial charge in [-0.1, -0.05) is 130 Å². The van der Waals surface area contributed by atoms with Crippen molar-refractivity contribution in [2.24, 2.45) is 0 Å². The van der Waals surface area contributed by atoms with E-state index in [1.807, 2.05) is 0 Å². The fourth-order valence-electron chi connectivity index (χ4n) is 6.34. The molecule has 1 aliphatic carbocycles. The van der Waals surface area contributed by atoms with Gasteiger partial charge in [0.25, 0.3) is 0 Å². The van der Waals surface area contributed by atoms with Gasteiger partial charge in [0.15, 0.2) is 0 Å². The minimum absolute atomic E-state index is 0.404. The molecule has 0 heteroatoms. The Morgan fingerprint density at radius 2 is 0.889 bits per heavy atom. The highest BCUT2D eigenvalue weighted by atomic mass is 14.4. The molecule has 5 rings (SSSR count). The van der Waals surface area contributed by atoms with Crippen molar-refractivity contribution in [3.05, 3.63) is 158 Å². The minimum Gasteiger partial charge on any atom is -0.0798 e. The Kier molecular flexibility index (Phi) is 6.31. The van der Waals surface area contributed by atoms with Gasteiger partial charge in [-0.25, -0.2) is 0 Å². The molecule has 0 saturated heterocycles. The van der Waals surface area contributed by atoms with Gasteiger partial charge in [-0.05, 0) is 81.4 Å². The van der Waals surface area contributed by atoms with E-state index in [-0.39, 0.29) is 0 Å². The molecule has 0 aliphatic heterocycles. The summed E-state index contributed by atoms with van der Waals surface area (Å²) in [6.07, 6.45) is 5.62. The van der Waals surface area contributed by atoms with E-state index in [2.05, 4.69) is 139 Å². The Morgan fingerprint density at radius 3 is 1.28 bits per heavy atom. The highest BCUT2D eigenvalue weighted by Gasteiger charge is 2.42. The molecule has 36 heavy (non-hydrogen) atoms. The maximum atomic E-state index is 2.41. The molecule has 0 N–H and O–H groups in total. The Morgan fingerprint density at radius 1 is 0.500 bits per heavy atom. The molecule has 0 spiro atoms. The van der Waals surface area contributed by atoms with E-state index in [9.17, 15) is 0 Å². The molecule has 0 saturated carbocycles. The number of aryl methyl sites for hydroxylation is 6. The van der Waals surface area contributed by atoms with Crippen LogP contribution < -0.4 is 0 Å². The summed E-state index contributed by atoms with van der Waals surface area (Å²) in [4.78, 5) is 0. The Hall–Kier alpha value is -3.64. The molecule has 0 aromatic heterocycles.